The number of carbonyl (C=O) groups is 2. The van der Waals surface area contributed by atoms with Gasteiger partial charge in [-0.15, -0.1) is 0 Å². The van der Waals surface area contributed by atoms with Gasteiger partial charge in [-0.3, -0.25) is 4.89 Å². The summed E-state index contributed by atoms with van der Waals surface area (Å²) in [6, 6.07) is 18.7. The molecule has 0 aliphatic carbocycles. The Bertz CT molecular complexity index is 1090. The van der Waals surface area contributed by atoms with Crippen LogP contribution in [0, 0.1) is 6.92 Å². The van der Waals surface area contributed by atoms with E-state index in [0.717, 1.165) is 17.7 Å². The standard InChI is InChI=1S/C26H26O8/c1-4-19-6-10-21(11-7-19)29-17-30-24-15-14-23(16-18(24)3)32-25(27)20-8-12-22(13-9-20)33-26(28)34-31-5-2/h6-16H,4-5,17H2,1-3H3. The summed E-state index contributed by atoms with van der Waals surface area (Å²) in [4.78, 5) is 32.7. The molecular weight excluding hydrogens is 440 g/mol. The van der Waals surface area contributed by atoms with Crippen LogP contribution in [0.5, 0.6) is 23.0 Å². The molecule has 8 heteroatoms. The van der Waals surface area contributed by atoms with Crippen molar-refractivity contribution in [3.8, 4) is 23.0 Å². The molecule has 0 radical (unpaired) electrons. The van der Waals surface area contributed by atoms with Gasteiger partial charge in [-0.2, -0.15) is 4.89 Å². The Morgan fingerprint density at radius 1 is 0.765 bits per heavy atom. The minimum atomic E-state index is -1.00. The molecule has 0 fully saturated rings. The van der Waals surface area contributed by atoms with Crippen LogP contribution < -0.4 is 18.9 Å². The van der Waals surface area contributed by atoms with E-state index in [-0.39, 0.29) is 24.7 Å². The highest BCUT2D eigenvalue weighted by atomic mass is 17.2. The summed E-state index contributed by atoms with van der Waals surface area (Å²) in [5.41, 5.74) is 2.30. The van der Waals surface area contributed by atoms with E-state index in [4.69, 9.17) is 18.9 Å². The third-order valence-electron chi connectivity index (χ3n) is 4.66. The van der Waals surface area contributed by atoms with Gasteiger partial charge in [0, 0.05) is 0 Å². The lowest BCUT2D eigenvalue weighted by Gasteiger charge is -2.12. The van der Waals surface area contributed by atoms with E-state index < -0.39 is 12.1 Å². The third-order valence-corrected chi connectivity index (χ3v) is 4.66. The largest absolute Gasteiger partial charge is 0.546 e. The normalized spacial score (nSPS) is 10.3. The molecule has 0 aliphatic rings. The van der Waals surface area contributed by atoms with Gasteiger partial charge in [-0.1, -0.05) is 19.1 Å². The van der Waals surface area contributed by atoms with Crippen molar-refractivity contribution < 1.29 is 38.3 Å². The van der Waals surface area contributed by atoms with E-state index in [2.05, 4.69) is 16.7 Å². The number of carbonyl (C=O) groups excluding carboxylic acids is 2. The van der Waals surface area contributed by atoms with Crippen LogP contribution in [-0.2, 0) is 16.2 Å². The van der Waals surface area contributed by atoms with Crippen molar-refractivity contribution in [2.45, 2.75) is 27.2 Å². The van der Waals surface area contributed by atoms with Crippen LogP contribution in [0.2, 0.25) is 0 Å². The van der Waals surface area contributed by atoms with Gasteiger partial charge in [-0.25, -0.2) is 9.59 Å². The SMILES string of the molecule is CCOOC(=O)Oc1ccc(C(=O)Oc2ccc(OCOc3ccc(CC)cc3)c(C)c2)cc1. The smallest absolute Gasteiger partial charge is 0.458 e. The van der Waals surface area contributed by atoms with Crippen LogP contribution in [0.4, 0.5) is 4.79 Å². The fourth-order valence-corrected chi connectivity index (χ4v) is 2.87. The quantitative estimate of drug-likeness (QED) is 0.0944. The van der Waals surface area contributed by atoms with Gasteiger partial charge in [0.05, 0.1) is 12.2 Å². The van der Waals surface area contributed by atoms with E-state index in [1.165, 1.54) is 29.8 Å². The highest BCUT2D eigenvalue weighted by Crippen LogP contribution is 2.25. The molecular formula is C26H26O8. The zero-order valence-corrected chi connectivity index (χ0v) is 19.2. The number of aryl methyl sites for hydroxylation is 2. The lowest BCUT2D eigenvalue weighted by molar-refractivity contribution is -0.244. The number of rotatable bonds is 10. The second kappa shape index (κ2) is 12.3. The topological polar surface area (TPSA) is 89.5 Å². The van der Waals surface area contributed by atoms with Gasteiger partial charge >= 0.3 is 12.1 Å². The van der Waals surface area contributed by atoms with Crippen LogP contribution in [0.1, 0.15) is 35.3 Å². The molecule has 0 saturated heterocycles. The Labute approximate surface area is 197 Å². The molecule has 0 aromatic heterocycles. The zero-order valence-electron chi connectivity index (χ0n) is 19.2. The van der Waals surface area contributed by atoms with E-state index in [9.17, 15) is 9.59 Å². The third kappa shape index (κ3) is 7.25. The molecule has 0 spiro atoms. The van der Waals surface area contributed by atoms with Crippen molar-refractivity contribution in [2.75, 3.05) is 13.4 Å². The number of esters is 1. The summed E-state index contributed by atoms with van der Waals surface area (Å²) in [5, 5.41) is 0. The molecule has 0 atom stereocenters. The second-order valence-electron chi connectivity index (χ2n) is 7.09. The Balaban J connectivity index is 1.51. The monoisotopic (exact) mass is 466 g/mol. The first-order chi connectivity index (χ1) is 16.5. The summed E-state index contributed by atoms with van der Waals surface area (Å²) < 4.78 is 21.6. The Morgan fingerprint density at radius 3 is 2.09 bits per heavy atom. The molecule has 34 heavy (non-hydrogen) atoms. The van der Waals surface area contributed by atoms with E-state index in [0.29, 0.717) is 11.5 Å². The van der Waals surface area contributed by atoms with E-state index in [1.807, 2.05) is 31.2 Å². The van der Waals surface area contributed by atoms with E-state index in [1.54, 1.807) is 25.1 Å². The van der Waals surface area contributed by atoms with Gasteiger partial charge in [0.1, 0.15) is 23.0 Å². The summed E-state index contributed by atoms with van der Waals surface area (Å²) >= 11 is 0. The molecule has 0 bridgehead atoms. The van der Waals surface area contributed by atoms with Crippen molar-refractivity contribution >= 4 is 12.1 Å². The van der Waals surface area contributed by atoms with Gasteiger partial charge in [-0.05, 0) is 86.0 Å². The molecule has 0 N–H and O–H groups in total. The zero-order chi connectivity index (χ0) is 24.3. The predicted molar refractivity (Wildman–Crippen MR) is 123 cm³/mol. The first-order valence-corrected chi connectivity index (χ1v) is 10.8. The molecule has 3 aromatic rings. The Morgan fingerprint density at radius 2 is 1.44 bits per heavy atom. The molecule has 3 rings (SSSR count). The molecule has 178 valence electrons. The van der Waals surface area contributed by atoms with Crippen LogP contribution in [0.15, 0.2) is 66.7 Å². The highest BCUT2D eigenvalue weighted by molar-refractivity contribution is 5.91. The van der Waals surface area contributed by atoms with Crippen molar-refractivity contribution in [1.29, 1.82) is 0 Å². The predicted octanol–water partition coefficient (Wildman–Crippen LogP) is 5.66. The maximum Gasteiger partial charge on any atom is 0.546 e. The minimum Gasteiger partial charge on any atom is -0.458 e. The second-order valence-corrected chi connectivity index (χ2v) is 7.09. The van der Waals surface area contributed by atoms with Crippen molar-refractivity contribution in [2.24, 2.45) is 0 Å². The van der Waals surface area contributed by atoms with Crippen LogP contribution in [0.3, 0.4) is 0 Å². The summed E-state index contributed by atoms with van der Waals surface area (Å²) in [7, 11) is 0. The minimum absolute atomic E-state index is 0.0535. The molecule has 8 nitrogen and oxygen atoms in total. The number of hydrogen-bond acceptors (Lipinski definition) is 8. The number of benzene rings is 3. The lowest BCUT2D eigenvalue weighted by Crippen LogP contribution is -2.12. The van der Waals surface area contributed by atoms with Crippen LogP contribution in [0.25, 0.3) is 0 Å². The Hall–Kier alpha value is -4.04. The van der Waals surface area contributed by atoms with Crippen molar-refractivity contribution in [1.82, 2.24) is 0 Å². The molecule has 0 unspecified atom stereocenters. The van der Waals surface area contributed by atoms with Crippen molar-refractivity contribution in [3.05, 3.63) is 83.4 Å². The summed E-state index contributed by atoms with van der Waals surface area (Å²) in [5.74, 6) is 1.34. The van der Waals surface area contributed by atoms with Crippen LogP contribution >= 0.6 is 0 Å². The number of ether oxygens (including phenoxy) is 4. The molecule has 3 aromatic carbocycles. The first-order valence-electron chi connectivity index (χ1n) is 10.8. The lowest BCUT2D eigenvalue weighted by atomic mass is 10.2. The first kappa shape index (κ1) is 24.6. The highest BCUT2D eigenvalue weighted by Gasteiger charge is 2.12. The maximum absolute atomic E-state index is 12.4. The molecule has 0 aliphatic heterocycles. The van der Waals surface area contributed by atoms with E-state index >= 15 is 0 Å². The Kier molecular flexibility index (Phi) is 8.88. The molecule has 0 amide bonds. The van der Waals surface area contributed by atoms with Gasteiger partial charge in [0.2, 0.25) is 6.79 Å². The maximum atomic E-state index is 12.4. The van der Waals surface area contributed by atoms with Crippen LogP contribution in [-0.4, -0.2) is 25.5 Å². The number of hydrogen-bond donors (Lipinski definition) is 0. The summed E-state index contributed by atoms with van der Waals surface area (Å²) in [6.07, 6.45) is -0.0346. The summed E-state index contributed by atoms with van der Waals surface area (Å²) in [6.45, 7) is 5.86. The van der Waals surface area contributed by atoms with Gasteiger partial charge < -0.3 is 18.9 Å². The van der Waals surface area contributed by atoms with Crippen molar-refractivity contribution in [3.63, 3.8) is 0 Å². The van der Waals surface area contributed by atoms with Gasteiger partial charge in [0.15, 0.2) is 0 Å². The molecule has 0 heterocycles. The fraction of sp³-hybridized carbons (Fsp3) is 0.231. The van der Waals surface area contributed by atoms with Gasteiger partial charge in [0.25, 0.3) is 0 Å². The average Bonchev–Trinajstić information content (AvgIpc) is 2.85. The average molecular weight is 466 g/mol. The molecule has 0 saturated carbocycles. The fourth-order valence-electron chi connectivity index (χ4n) is 2.87.